The van der Waals surface area contributed by atoms with Gasteiger partial charge in [-0.25, -0.2) is 0 Å². The number of para-hydroxylation sites is 1. The van der Waals surface area contributed by atoms with Gasteiger partial charge in [-0.15, -0.1) is 0 Å². The summed E-state index contributed by atoms with van der Waals surface area (Å²) in [4.78, 5) is 4.29. The third-order valence-electron chi connectivity index (χ3n) is 3.08. The van der Waals surface area contributed by atoms with E-state index >= 15 is 0 Å². The number of hydrogen-bond acceptors (Lipinski definition) is 4. The molecule has 0 atom stereocenters. The Morgan fingerprint density at radius 1 is 1.05 bits per heavy atom. The summed E-state index contributed by atoms with van der Waals surface area (Å²) in [5.41, 5.74) is 9.39. The van der Waals surface area contributed by atoms with Gasteiger partial charge in [0.1, 0.15) is 6.07 Å². The van der Waals surface area contributed by atoms with Crippen LogP contribution in [0.4, 0.5) is 17.1 Å². The van der Waals surface area contributed by atoms with Gasteiger partial charge in [0.15, 0.2) is 0 Å². The van der Waals surface area contributed by atoms with E-state index in [-0.39, 0.29) is 0 Å². The Hall–Kier alpha value is -3.06. The second kappa shape index (κ2) is 4.90. The Balaban J connectivity index is 2.14. The van der Waals surface area contributed by atoms with Crippen molar-refractivity contribution in [1.82, 2.24) is 4.98 Å². The zero-order valence-corrected chi connectivity index (χ0v) is 10.7. The molecule has 20 heavy (non-hydrogen) atoms. The smallest absolute Gasteiger partial charge is 0.103 e. The first-order chi connectivity index (χ1) is 9.78. The highest BCUT2D eigenvalue weighted by Gasteiger charge is 2.08. The Morgan fingerprint density at radius 2 is 1.80 bits per heavy atom. The highest BCUT2D eigenvalue weighted by atomic mass is 14.9. The summed E-state index contributed by atoms with van der Waals surface area (Å²) in [6.45, 7) is 0. The molecular weight excluding hydrogens is 248 g/mol. The number of nitrogen functional groups attached to an aromatic ring is 1. The van der Waals surface area contributed by atoms with Gasteiger partial charge in [-0.2, -0.15) is 5.26 Å². The predicted molar refractivity (Wildman–Crippen MR) is 80.6 cm³/mol. The first-order valence-electron chi connectivity index (χ1n) is 6.18. The van der Waals surface area contributed by atoms with Crippen molar-refractivity contribution in [2.24, 2.45) is 0 Å². The minimum atomic E-state index is 0.514. The van der Waals surface area contributed by atoms with Crippen LogP contribution < -0.4 is 11.1 Å². The zero-order valence-electron chi connectivity index (χ0n) is 10.7. The minimum Gasteiger partial charge on any atom is -0.399 e. The van der Waals surface area contributed by atoms with E-state index in [1.165, 1.54) is 0 Å². The molecule has 4 heteroatoms. The van der Waals surface area contributed by atoms with Crippen LogP contribution in [0.2, 0.25) is 0 Å². The van der Waals surface area contributed by atoms with Gasteiger partial charge in [-0.3, -0.25) is 4.98 Å². The van der Waals surface area contributed by atoms with Crippen molar-refractivity contribution in [2.75, 3.05) is 11.1 Å². The Labute approximate surface area is 116 Å². The summed E-state index contributed by atoms with van der Waals surface area (Å²) >= 11 is 0. The summed E-state index contributed by atoms with van der Waals surface area (Å²) in [5, 5.41) is 13.4. The second-order valence-electron chi connectivity index (χ2n) is 4.42. The first kappa shape index (κ1) is 12.0. The number of fused-ring (bicyclic) bond motifs is 1. The lowest BCUT2D eigenvalue weighted by atomic mass is 10.1. The van der Waals surface area contributed by atoms with Crippen LogP contribution in [0.5, 0.6) is 0 Å². The summed E-state index contributed by atoms with van der Waals surface area (Å²) in [5.74, 6) is 0. The molecule has 0 radical (unpaired) electrons. The van der Waals surface area contributed by atoms with Gasteiger partial charge in [0, 0.05) is 23.0 Å². The van der Waals surface area contributed by atoms with Gasteiger partial charge in [0.05, 0.1) is 16.8 Å². The highest BCUT2D eigenvalue weighted by molar-refractivity contribution is 5.95. The summed E-state index contributed by atoms with van der Waals surface area (Å²) in [7, 11) is 0. The molecular formula is C16H12N4. The molecule has 0 spiro atoms. The highest BCUT2D eigenvalue weighted by Crippen LogP contribution is 2.28. The predicted octanol–water partition coefficient (Wildman–Crippen LogP) is 3.43. The number of nitrogens with one attached hydrogen (secondary N) is 1. The fraction of sp³-hybridized carbons (Fsp3) is 0. The van der Waals surface area contributed by atoms with Gasteiger partial charge in [0.25, 0.3) is 0 Å². The van der Waals surface area contributed by atoms with Crippen LogP contribution in [0.15, 0.2) is 54.7 Å². The van der Waals surface area contributed by atoms with Crippen LogP contribution in [0.3, 0.4) is 0 Å². The fourth-order valence-corrected chi connectivity index (χ4v) is 2.07. The second-order valence-corrected chi connectivity index (χ2v) is 4.42. The topological polar surface area (TPSA) is 74.7 Å². The molecule has 3 N–H and O–H groups in total. The number of nitrogens with zero attached hydrogens (tertiary/aromatic N) is 2. The monoisotopic (exact) mass is 260 g/mol. The molecule has 1 aromatic heterocycles. The van der Waals surface area contributed by atoms with Crippen molar-refractivity contribution in [3.63, 3.8) is 0 Å². The van der Waals surface area contributed by atoms with E-state index < -0.39 is 0 Å². The lowest BCUT2D eigenvalue weighted by Gasteiger charge is -2.11. The van der Waals surface area contributed by atoms with Crippen molar-refractivity contribution in [1.29, 1.82) is 5.26 Å². The molecule has 0 saturated heterocycles. The van der Waals surface area contributed by atoms with Gasteiger partial charge < -0.3 is 11.1 Å². The van der Waals surface area contributed by atoms with Crippen LogP contribution in [-0.4, -0.2) is 4.98 Å². The SMILES string of the molecule is N#Cc1cnc2ccccc2c1Nc1ccc(N)cc1. The zero-order chi connectivity index (χ0) is 13.9. The summed E-state index contributed by atoms with van der Waals surface area (Å²) < 4.78 is 0. The normalized spacial score (nSPS) is 10.2. The molecule has 4 nitrogen and oxygen atoms in total. The number of anilines is 3. The maximum absolute atomic E-state index is 9.25. The molecule has 0 unspecified atom stereocenters. The molecule has 0 aliphatic carbocycles. The summed E-state index contributed by atoms with van der Waals surface area (Å²) in [6, 6.07) is 17.3. The van der Waals surface area contributed by atoms with E-state index in [2.05, 4.69) is 16.4 Å². The van der Waals surface area contributed by atoms with Crippen LogP contribution in [0.25, 0.3) is 10.9 Å². The van der Waals surface area contributed by atoms with Crippen LogP contribution in [0.1, 0.15) is 5.56 Å². The molecule has 0 saturated carbocycles. The van der Waals surface area contributed by atoms with E-state index in [1.54, 1.807) is 6.20 Å². The third kappa shape index (κ3) is 2.13. The van der Waals surface area contributed by atoms with E-state index in [4.69, 9.17) is 5.73 Å². The van der Waals surface area contributed by atoms with Crippen LogP contribution in [0, 0.1) is 11.3 Å². The van der Waals surface area contributed by atoms with Crippen molar-refractivity contribution >= 4 is 28.0 Å². The van der Waals surface area contributed by atoms with Gasteiger partial charge >= 0.3 is 0 Å². The molecule has 0 amide bonds. The molecule has 1 heterocycles. The lowest BCUT2D eigenvalue weighted by molar-refractivity contribution is 1.36. The molecule has 0 aliphatic rings. The average molecular weight is 260 g/mol. The minimum absolute atomic E-state index is 0.514. The van der Waals surface area contributed by atoms with Crippen molar-refractivity contribution < 1.29 is 0 Å². The number of rotatable bonds is 2. The van der Waals surface area contributed by atoms with Crippen molar-refractivity contribution in [2.45, 2.75) is 0 Å². The van der Waals surface area contributed by atoms with E-state index in [0.29, 0.717) is 11.3 Å². The number of benzene rings is 2. The standard InChI is InChI=1S/C16H12N4/c17-9-11-10-19-15-4-2-1-3-14(15)16(11)20-13-7-5-12(18)6-8-13/h1-8,10H,18H2,(H,19,20). The van der Waals surface area contributed by atoms with Crippen molar-refractivity contribution in [3.05, 3.63) is 60.3 Å². The molecule has 2 aromatic carbocycles. The maximum Gasteiger partial charge on any atom is 0.103 e. The van der Waals surface area contributed by atoms with E-state index in [0.717, 1.165) is 22.3 Å². The van der Waals surface area contributed by atoms with Crippen molar-refractivity contribution in [3.8, 4) is 6.07 Å². The number of nitrogens with two attached hydrogens (primary N) is 1. The fourth-order valence-electron chi connectivity index (χ4n) is 2.07. The van der Waals surface area contributed by atoms with E-state index in [9.17, 15) is 5.26 Å². The van der Waals surface area contributed by atoms with Crippen LogP contribution in [-0.2, 0) is 0 Å². The molecule has 0 bridgehead atoms. The quantitative estimate of drug-likeness (QED) is 0.692. The Morgan fingerprint density at radius 3 is 2.55 bits per heavy atom. The molecule has 96 valence electrons. The Bertz CT molecular complexity index is 801. The van der Waals surface area contributed by atoms with Gasteiger partial charge in [0.2, 0.25) is 0 Å². The number of pyridine rings is 1. The summed E-state index contributed by atoms with van der Waals surface area (Å²) in [6.07, 6.45) is 1.59. The number of hydrogen-bond donors (Lipinski definition) is 2. The largest absolute Gasteiger partial charge is 0.399 e. The molecule has 3 aromatic rings. The number of nitriles is 1. The molecule has 0 aliphatic heterocycles. The maximum atomic E-state index is 9.25. The molecule has 3 rings (SSSR count). The number of aromatic nitrogens is 1. The average Bonchev–Trinajstić information content (AvgIpc) is 2.50. The Kier molecular flexibility index (Phi) is 2.94. The lowest BCUT2D eigenvalue weighted by Crippen LogP contribution is -1.97. The van der Waals surface area contributed by atoms with E-state index in [1.807, 2.05) is 48.5 Å². The molecule has 0 fully saturated rings. The van der Waals surface area contributed by atoms with Gasteiger partial charge in [-0.1, -0.05) is 18.2 Å². The van der Waals surface area contributed by atoms with Gasteiger partial charge in [-0.05, 0) is 30.3 Å². The third-order valence-corrected chi connectivity index (χ3v) is 3.08. The first-order valence-corrected chi connectivity index (χ1v) is 6.18. The van der Waals surface area contributed by atoms with Crippen LogP contribution >= 0.6 is 0 Å².